The molecule has 14 aromatic rings. The van der Waals surface area contributed by atoms with Crippen molar-refractivity contribution in [1.29, 1.82) is 0 Å². The Morgan fingerprint density at radius 3 is 1.37 bits per heavy atom. The van der Waals surface area contributed by atoms with Crippen LogP contribution in [0.3, 0.4) is 0 Å². The molecule has 4 heterocycles. The van der Waals surface area contributed by atoms with Gasteiger partial charge in [0.1, 0.15) is 0 Å². The molecular formula is C69H48N6. The van der Waals surface area contributed by atoms with E-state index in [1.54, 1.807) is 0 Å². The average Bonchev–Trinajstić information content (AvgIpc) is 4.22. The lowest BCUT2D eigenvalue weighted by atomic mass is 9.81. The molecule has 1 aliphatic carbocycles. The predicted octanol–water partition coefficient (Wildman–Crippen LogP) is 17.6. The lowest BCUT2D eigenvalue weighted by Crippen LogP contribution is -1.97. The molecule has 0 aliphatic heterocycles. The molecule has 0 N–H and O–H groups in total. The Hall–Kier alpha value is -9.78. The van der Waals surface area contributed by atoms with Gasteiger partial charge in [-0.2, -0.15) is 0 Å². The number of nitrogens with zero attached hydrogens (tertiary/aromatic N) is 6. The molecule has 0 radical (unpaired) electrons. The van der Waals surface area contributed by atoms with Gasteiger partial charge in [-0.05, 0) is 171 Å². The molecule has 0 unspecified atom stereocenters. The first-order valence-electron chi connectivity index (χ1n) is 25.9. The van der Waals surface area contributed by atoms with Crippen LogP contribution in [0.4, 0.5) is 0 Å². The normalized spacial score (nSPS) is 12.8. The van der Waals surface area contributed by atoms with Crippen LogP contribution in [0.2, 0.25) is 0 Å². The Morgan fingerprint density at radius 2 is 0.800 bits per heavy atom. The van der Waals surface area contributed by atoms with Gasteiger partial charge in [-0.1, -0.05) is 170 Å². The Balaban J connectivity index is 0.986. The van der Waals surface area contributed by atoms with E-state index in [0.29, 0.717) is 0 Å². The van der Waals surface area contributed by atoms with Gasteiger partial charge in [0, 0.05) is 11.4 Å². The van der Waals surface area contributed by atoms with Gasteiger partial charge in [-0.15, -0.1) is 0 Å². The highest BCUT2D eigenvalue weighted by Crippen LogP contribution is 2.47. The van der Waals surface area contributed by atoms with E-state index < -0.39 is 0 Å². The molecule has 0 saturated carbocycles. The van der Waals surface area contributed by atoms with Crippen LogP contribution in [-0.4, -0.2) is 27.9 Å². The summed E-state index contributed by atoms with van der Waals surface area (Å²) in [6.07, 6.45) is 9.04. The Morgan fingerprint density at radius 1 is 0.347 bits per heavy atom. The monoisotopic (exact) mass is 960 g/mol. The van der Waals surface area contributed by atoms with Crippen molar-refractivity contribution in [3.8, 4) is 67.0 Å². The van der Waals surface area contributed by atoms with Crippen molar-refractivity contribution >= 4 is 61.3 Å². The average molecular weight is 961 g/mol. The maximum Gasteiger partial charge on any atom is 0.220 e. The standard InChI is InChI=1S/C69H48N6/c1-45-66(49-26-14-5-15-27-49)57(52-32-36-58-62(42-52)74-64-40-50(46-20-8-2-9-21-46)34-38-60(64)72(68(74)70-58)54-28-16-6-17-29-54)44-56(48-24-12-4-13-25-48)67(45)53-33-37-59-63(43-53)75-65-41-51(47-22-10-3-11-23-47)35-39-61(65)73(69(75)71-59)55-30-18-7-19-31-55/h2,4-10,12-44H,3,11H2,1H3. The lowest BCUT2D eigenvalue weighted by Gasteiger charge is -2.22. The van der Waals surface area contributed by atoms with Gasteiger partial charge in [0.2, 0.25) is 11.6 Å². The lowest BCUT2D eigenvalue weighted by molar-refractivity contribution is 1.04. The molecule has 354 valence electrons. The Bertz CT molecular complexity index is 4610. The third-order valence-corrected chi connectivity index (χ3v) is 15.4. The third-order valence-electron chi connectivity index (χ3n) is 15.4. The van der Waals surface area contributed by atoms with E-state index in [4.69, 9.17) is 9.97 Å². The smallest absolute Gasteiger partial charge is 0.220 e. The Kier molecular flexibility index (Phi) is 9.82. The molecule has 0 spiro atoms. The minimum atomic E-state index is 0.878. The highest BCUT2D eigenvalue weighted by atomic mass is 15.2. The van der Waals surface area contributed by atoms with Crippen molar-refractivity contribution in [3.63, 3.8) is 0 Å². The zero-order valence-corrected chi connectivity index (χ0v) is 41.3. The molecule has 0 bridgehead atoms. The van der Waals surface area contributed by atoms with Crippen molar-refractivity contribution in [2.24, 2.45) is 0 Å². The number of fused-ring (bicyclic) bond motifs is 10. The maximum atomic E-state index is 5.42. The molecule has 0 atom stereocenters. The van der Waals surface area contributed by atoms with Crippen LogP contribution in [-0.2, 0) is 0 Å². The first-order valence-corrected chi connectivity index (χ1v) is 25.9. The minimum absolute atomic E-state index is 0.878. The van der Waals surface area contributed by atoms with Crippen LogP contribution in [0.15, 0.2) is 249 Å². The summed E-state index contributed by atoms with van der Waals surface area (Å²) in [7, 11) is 0. The highest BCUT2D eigenvalue weighted by molar-refractivity contribution is 6.03. The van der Waals surface area contributed by atoms with Crippen molar-refractivity contribution < 1.29 is 0 Å². The van der Waals surface area contributed by atoms with Gasteiger partial charge in [0.25, 0.3) is 0 Å². The van der Waals surface area contributed by atoms with Crippen molar-refractivity contribution in [2.75, 3.05) is 0 Å². The second-order valence-electron chi connectivity index (χ2n) is 19.7. The molecule has 1 aliphatic rings. The van der Waals surface area contributed by atoms with Crippen LogP contribution in [0.1, 0.15) is 24.0 Å². The molecule has 6 nitrogen and oxygen atoms in total. The maximum absolute atomic E-state index is 5.42. The molecule has 4 aromatic heterocycles. The second-order valence-corrected chi connectivity index (χ2v) is 19.7. The van der Waals surface area contributed by atoms with Crippen LogP contribution in [0.25, 0.3) is 128 Å². The fourth-order valence-corrected chi connectivity index (χ4v) is 11.9. The summed E-state index contributed by atoms with van der Waals surface area (Å²) in [4.78, 5) is 10.8. The van der Waals surface area contributed by atoms with E-state index in [-0.39, 0.29) is 0 Å². The van der Waals surface area contributed by atoms with E-state index in [2.05, 4.69) is 274 Å². The van der Waals surface area contributed by atoms with E-state index in [0.717, 1.165) is 113 Å². The van der Waals surface area contributed by atoms with Gasteiger partial charge in [-0.25, -0.2) is 9.97 Å². The summed E-state index contributed by atoms with van der Waals surface area (Å²) >= 11 is 0. The molecule has 0 fully saturated rings. The quantitative estimate of drug-likeness (QED) is 0.152. The third kappa shape index (κ3) is 6.87. The van der Waals surface area contributed by atoms with Crippen molar-refractivity contribution in [1.82, 2.24) is 27.9 Å². The first-order chi connectivity index (χ1) is 37.1. The van der Waals surface area contributed by atoms with E-state index in [1.165, 1.54) is 39.0 Å². The molecular weight excluding hydrogens is 913 g/mol. The van der Waals surface area contributed by atoms with Crippen LogP contribution >= 0.6 is 0 Å². The summed E-state index contributed by atoms with van der Waals surface area (Å²) in [5.74, 6) is 1.77. The molecule has 75 heavy (non-hydrogen) atoms. The summed E-state index contributed by atoms with van der Waals surface area (Å²) in [6, 6.07) is 83.5. The van der Waals surface area contributed by atoms with Crippen LogP contribution < -0.4 is 0 Å². The molecule has 15 rings (SSSR count). The minimum Gasteiger partial charge on any atom is -0.278 e. The zero-order chi connectivity index (χ0) is 49.6. The number of benzene rings is 10. The van der Waals surface area contributed by atoms with E-state index >= 15 is 0 Å². The largest absolute Gasteiger partial charge is 0.278 e. The summed E-state index contributed by atoms with van der Waals surface area (Å²) in [6.45, 7) is 2.32. The van der Waals surface area contributed by atoms with Gasteiger partial charge < -0.3 is 0 Å². The van der Waals surface area contributed by atoms with Gasteiger partial charge in [-0.3, -0.25) is 17.9 Å². The van der Waals surface area contributed by atoms with Gasteiger partial charge in [0.05, 0.1) is 44.1 Å². The molecule has 0 saturated heterocycles. The fraction of sp³-hybridized carbons (Fsp3) is 0.0435. The topological polar surface area (TPSA) is 44.5 Å². The predicted molar refractivity (Wildman–Crippen MR) is 311 cm³/mol. The van der Waals surface area contributed by atoms with Gasteiger partial charge in [0.15, 0.2) is 0 Å². The molecule has 10 aromatic carbocycles. The fourth-order valence-electron chi connectivity index (χ4n) is 11.9. The highest BCUT2D eigenvalue weighted by Gasteiger charge is 2.25. The summed E-state index contributed by atoms with van der Waals surface area (Å²) < 4.78 is 9.33. The van der Waals surface area contributed by atoms with Crippen molar-refractivity contribution in [2.45, 2.75) is 19.8 Å². The Labute approximate surface area is 433 Å². The number of rotatable bonds is 8. The number of hydrogen-bond donors (Lipinski definition) is 0. The zero-order valence-electron chi connectivity index (χ0n) is 41.3. The second kappa shape index (κ2) is 17.2. The van der Waals surface area contributed by atoms with E-state index in [1.807, 2.05) is 0 Å². The number of para-hydroxylation sites is 2. The van der Waals surface area contributed by atoms with Crippen LogP contribution in [0, 0.1) is 6.92 Å². The van der Waals surface area contributed by atoms with Gasteiger partial charge >= 0.3 is 0 Å². The summed E-state index contributed by atoms with van der Waals surface area (Å²) in [5, 5.41) is 0. The van der Waals surface area contributed by atoms with E-state index in [9.17, 15) is 0 Å². The SMILES string of the molecule is Cc1c(-c2ccccc2)c(-c2ccc3nc4n(-c5ccccc5)c5ccc(-c6ccccc6)cc5n4c3c2)cc(-c2ccccc2)c1-c1ccc2nc3n(-c4ccccc4)c4ccc(C5=CCCC=C5)cc4n3c2c1. The first kappa shape index (κ1) is 42.9. The summed E-state index contributed by atoms with van der Waals surface area (Å²) in [5.41, 5.74) is 25.9. The number of aromatic nitrogens is 6. The number of imidazole rings is 4. The molecule has 6 heteroatoms. The molecule has 0 amide bonds. The van der Waals surface area contributed by atoms with Crippen molar-refractivity contribution in [3.05, 3.63) is 260 Å². The van der Waals surface area contributed by atoms with Crippen LogP contribution in [0.5, 0.6) is 0 Å². The number of hydrogen-bond acceptors (Lipinski definition) is 2. The number of allylic oxidation sites excluding steroid dienone is 4.